The Morgan fingerprint density at radius 3 is 2.35 bits per heavy atom. The molecule has 1 nitrogen and oxygen atoms in total. The molecule has 0 amide bonds. The van der Waals surface area contributed by atoms with Crippen molar-refractivity contribution in [2.45, 2.75) is 16.9 Å². The fraction of sp³-hybridized carbons (Fsp3) is 0.214. The number of carbonyl (C=O) groups excluding carboxylic acids is 1. The van der Waals surface area contributed by atoms with E-state index in [1.165, 1.54) is 6.08 Å². The lowest BCUT2D eigenvalue weighted by molar-refractivity contribution is -0.0353. The molecule has 0 heterocycles. The number of ketones is 1. The molecule has 1 aliphatic rings. The fourth-order valence-corrected chi connectivity index (χ4v) is 2.48. The van der Waals surface area contributed by atoms with E-state index >= 15 is 0 Å². The molecule has 106 valence electrons. The van der Waals surface area contributed by atoms with E-state index in [4.69, 9.17) is 0 Å². The minimum Gasteiger partial charge on any atom is -0.289 e. The van der Waals surface area contributed by atoms with E-state index in [0.29, 0.717) is 5.56 Å². The smallest absolute Gasteiger partial charge is 0.289 e. The third-order valence-corrected chi connectivity index (χ3v) is 3.57. The zero-order valence-electron chi connectivity index (χ0n) is 10.2. The third kappa shape index (κ3) is 3.72. The Morgan fingerprint density at radius 1 is 1.20 bits per heavy atom. The van der Waals surface area contributed by atoms with Crippen molar-refractivity contribution in [2.24, 2.45) is 0 Å². The third-order valence-electron chi connectivity index (χ3n) is 2.70. The van der Waals surface area contributed by atoms with Gasteiger partial charge >= 0.3 is 5.51 Å². The number of halogens is 4. The first kappa shape index (κ1) is 14.8. The van der Waals surface area contributed by atoms with E-state index in [-0.39, 0.29) is 11.4 Å². The molecule has 0 bridgehead atoms. The number of thioether (sulfide) groups is 1. The molecule has 0 spiro atoms. The standard InChI is InChI=1S/C14H10F4OS/c15-13(20-14(16,17)18)8-6-11(7-9-13)12(19)10-4-2-1-3-5-10/h1-8H,9H2. The molecule has 2 rings (SSSR count). The number of hydrogen-bond acceptors (Lipinski definition) is 2. The van der Waals surface area contributed by atoms with Crippen LogP contribution in [-0.2, 0) is 0 Å². The van der Waals surface area contributed by atoms with E-state index in [2.05, 4.69) is 0 Å². The second kappa shape index (κ2) is 5.44. The molecule has 0 saturated heterocycles. The van der Waals surface area contributed by atoms with Crippen LogP contribution in [0.1, 0.15) is 16.8 Å². The van der Waals surface area contributed by atoms with Gasteiger partial charge in [0.25, 0.3) is 0 Å². The van der Waals surface area contributed by atoms with E-state index < -0.39 is 28.7 Å². The number of hydrogen-bond donors (Lipinski definition) is 0. The molecular weight excluding hydrogens is 292 g/mol. The molecule has 1 unspecified atom stereocenters. The van der Waals surface area contributed by atoms with Gasteiger partial charge in [0.05, 0.1) is 0 Å². The Balaban J connectivity index is 2.11. The van der Waals surface area contributed by atoms with Gasteiger partial charge in [-0.1, -0.05) is 42.5 Å². The maximum atomic E-state index is 13.9. The van der Waals surface area contributed by atoms with Crippen molar-refractivity contribution in [1.29, 1.82) is 0 Å². The first-order valence-electron chi connectivity index (χ1n) is 5.74. The van der Waals surface area contributed by atoms with Gasteiger partial charge in [-0.2, -0.15) is 13.2 Å². The predicted molar refractivity (Wildman–Crippen MR) is 70.1 cm³/mol. The van der Waals surface area contributed by atoms with Crippen molar-refractivity contribution in [3.05, 3.63) is 59.7 Å². The van der Waals surface area contributed by atoms with Crippen molar-refractivity contribution in [1.82, 2.24) is 0 Å². The summed E-state index contributed by atoms with van der Waals surface area (Å²) in [5, 5.41) is -2.54. The summed E-state index contributed by atoms with van der Waals surface area (Å²) in [4.78, 5) is 12.0. The van der Waals surface area contributed by atoms with Crippen molar-refractivity contribution in [3.8, 4) is 0 Å². The fourth-order valence-electron chi connectivity index (χ4n) is 1.79. The topological polar surface area (TPSA) is 17.1 Å². The molecule has 0 N–H and O–H groups in total. The SMILES string of the molecule is O=C(C1=CCC(F)(SC(F)(F)F)C=C1)c1ccccc1. The predicted octanol–water partition coefficient (Wildman–Crippen LogP) is 4.67. The summed E-state index contributed by atoms with van der Waals surface area (Å²) >= 11 is -0.720. The van der Waals surface area contributed by atoms with E-state index in [1.807, 2.05) is 0 Å². The van der Waals surface area contributed by atoms with Gasteiger partial charge in [-0.25, -0.2) is 4.39 Å². The molecule has 6 heteroatoms. The quantitative estimate of drug-likeness (QED) is 0.596. The lowest BCUT2D eigenvalue weighted by Gasteiger charge is -2.23. The Bertz CT molecular complexity index is 562. The number of rotatable bonds is 3. The number of alkyl halides is 4. The molecule has 1 atom stereocenters. The Morgan fingerprint density at radius 2 is 1.85 bits per heavy atom. The summed E-state index contributed by atoms with van der Waals surface area (Å²) < 4.78 is 50.5. The average molecular weight is 302 g/mol. The highest BCUT2D eigenvalue weighted by Gasteiger charge is 2.43. The molecular formula is C14H10F4OS. The molecule has 20 heavy (non-hydrogen) atoms. The van der Waals surface area contributed by atoms with Gasteiger partial charge in [-0.15, -0.1) is 0 Å². The van der Waals surface area contributed by atoms with E-state index in [0.717, 1.165) is 12.2 Å². The molecule has 0 radical (unpaired) electrons. The Kier molecular flexibility index (Phi) is 4.04. The lowest BCUT2D eigenvalue weighted by atomic mass is 9.97. The summed E-state index contributed by atoms with van der Waals surface area (Å²) in [6.45, 7) is 0. The number of carbonyl (C=O) groups is 1. The van der Waals surface area contributed by atoms with Crippen LogP contribution < -0.4 is 0 Å². The zero-order valence-corrected chi connectivity index (χ0v) is 11.0. The normalized spacial score (nSPS) is 22.5. The number of benzene rings is 1. The lowest BCUT2D eigenvalue weighted by Crippen LogP contribution is -2.23. The monoisotopic (exact) mass is 302 g/mol. The molecule has 1 aliphatic carbocycles. The summed E-state index contributed by atoms with van der Waals surface area (Å²) in [6.07, 6.45) is 2.62. The van der Waals surface area contributed by atoms with Crippen molar-refractivity contribution >= 4 is 17.5 Å². The van der Waals surface area contributed by atoms with Crippen LogP contribution in [0.4, 0.5) is 17.6 Å². The summed E-state index contributed by atoms with van der Waals surface area (Å²) in [5.41, 5.74) is -4.04. The van der Waals surface area contributed by atoms with Gasteiger partial charge in [0.1, 0.15) is 0 Å². The van der Waals surface area contributed by atoms with Crippen molar-refractivity contribution in [2.75, 3.05) is 0 Å². The van der Waals surface area contributed by atoms with Crippen LogP contribution in [0.2, 0.25) is 0 Å². The minimum absolute atomic E-state index is 0.201. The van der Waals surface area contributed by atoms with Crippen LogP contribution in [0.5, 0.6) is 0 Å². The maximum absolute atomic E-state index is 13.9. The first-order valence-corrected chi connectivity index (χ1v) is 6.56. The van der Waals surface area contributed by atoms with Crippen LogP contribution in [-0.4, -0.2) is 16.3 Å². The van der Waals surface area contributed by atoms with E-state index in [1.54, 1.807) is 30.3 Å². The number of allylic oxidation sites excluding steroid dienone is 3. The zero-order chi connectivity index (χ0) is 14.8. The van der Waals surface area contributed by atoms with Crippen LogP contribution in [0, 0.1) is 0 Å². The van der Waals surface area contributed by atoms with Gasteiger partial charge < -0.3 is 0 Å². The summed E-state index contributed by atoms with van der Waals surface area (Å²) in [7, 11) is 0. The van der Waals surface area contributed by atoms with Crippen LogP contribution >= 0.6 is 11.8 Å². The molecule has 0 fully saturated rings. The highest BCUT2D eigenvalue weighted by molar-refractivity contribution is 8.01. The molecule has 0 saturated carbocycles. The molecule has 0 aromatic heterocycles. The van der Waals surface area contributed by atoms with Gasteiger partial charge in [0.15, 0.2) is 10.8 Å². The maximum Gasteiger partial charge on any atom is 0.445 e. The second-order valence-corrected chi connectivity index (χ2v) is 5.57. The molecule has 1 aromatic carbocycles. The average Bonchev–Trinajstić information content (AvgIpc) is 2.37. The molecule has 0 aliphatic heterocycles. The van der Waals surface area contributed by atoms with Gasteiger partial charge in [-0.05, 0) is 17.8 Å². The van der Waals surface area contributed by atoms with Gasteiger partial charge in [-0.3, -0.25) is 4.79 Å². The van der Waals surface area contributed by atoms with Crippen LogP contribution in [0.15, 0.2) is 54.1 Å². The Hall–Kier alpha value is -1.56. The largest absolute Gasteiger partial charge is 0.445 e. The summed E-state index contributed by atoms with van der Waals surface area (Å²) in [6, 6.07) is 8.30. The second-order valence-electron chi connectivity index (χ2n) is 4.23. The highest BCUT2D eigenvalue weighted by Crippen LogP contribution is 2.46. The first-order chi connectivity index (χ1) is 9.29. The molecule has 1 aromatic rings. The Labute approximate surface area is 117 Å². The van der Waals surface area contributed by atoms with Gasteiger partial charge in [0.2, 0.25) is 0 Å². The highest BCUT2D eigenvalue weighted by atomic mass is 32.2. The van der Waals surface area contributed by atoms with E-state index in [9.17, 15) is 22.4 Å². The van der Waals surface area contributed by atoms with Crippen LogP contribution in [0.25, 0.3) is 0 Å². The van der Waals surface area contributed by atoms with Crippen molar-refractivity contribution < 1.29 is 22.4 Å². The minimum atomic E-state index is -4.66. The van der Waals surface area contributed by atoms with Crippen LogP contribution in [0.3, 0.4) is 0 Å². The summed E-state index contributed by atoms with van der Waals surface area (Å²) in [5.74, 6) is -0.332. The van der Waals surface area contributed by atoms with Crippen molar-refractivity contribution in [3.63, 3.8) is 0 Å². The number of Topliss-reactive ketones (excluding diaryl/α,β-unsaturated/α-hetero) is 1. The van der Waals surface area contributed by atoms with Gasteiger partial charge in [0, 0.05) is 17.6 Å².